The van der Waals surface area contributed by atoms with E-state index in [0.29, 0.717) is 5.41 Å². The van der Waals surface area contributed by atoms with Crippen LogP contribution in [0.3, 0.4) is 0 Å². The van der Waals surface area contributed by atoms with Crippen LogP contribution in [0.4, 0.5) is 0 Å². The zero-order valence-corrected chi connectivity index (χ0v) is 12.3. The summed E-state index contributed by atoms with van der Waals surface area (Å²) in [4.78, 5) is 6.29. The second kappa shape index (κ2) is 5.07. The van der Waals surface area contributed by atoms with E-state index in [1.54, 1.807) is 4.88 Å². The highest BCUT2D eigenvalue weighted by atomic mass is 32.1. The minimum Gasteiger partial charge on any atom is -0.314 e. The highest BCUT2D eigenvalue weighted by Gasteiger charge is 2.32. The third-order valence-electron chi connectivity index (χ3n) is 4.33. The van der Waals surface area contributed by atoms with Gasteiger partial charge in [-0.15, -0.1) is 11.3 Å². The molecule has 0 radical (unpaired) electrons. The molecule has 1 N–H and O–H groups in total. The Bertz CT molecular complexity index is 382. The Kier molecular flexibility index (Phi) is 3.88. The molecule has 1 heterocycles. The molecule has 0 bridgehead atoms. The van der Waals surface area contributed by atoms with Gasteiger partial charge in [-0.25, -0.2) is 4.98 Å². The van der Waals surface area contributed by atoms with Crippen molar-refractivity contribution in [1.29, 1.82) is 0 Å². The molecule has 1 atom stereocenters. The van der Waals surface area contributed by atoms with Gasteiger partial charge in [0.15, 0.2) is 0 Å². The fourth-order valence-electron chi connectivity index (χ4n) is 2.61. The SMILES string of the molecule is CCC(C)(C)C1CCc2nc(CNC)sc2C1. The van der Waals surface area contributed by atoms with Crippen molar-refractivity contribution in [3.05, 3.63) is 15.6 Å². The summed E-state index contributed by atoms with van der Waals surface area (Å²) in [6.07, 6.45) is 5.02. The van der Waals surface area contributed by atoms with E-state index in [9.17, 15) is 0 Å². The molecule has 0 spiro atoms. The van der Waals surface area contributed by atoms with E-state index in [1.807, 2.05) is 18.4 Å². The first-order valence-electron chi connectivity index (χ1n) is 6.69. The highest BCUT2D eigenvalue weighted by Crippen LogP contribution is 2.41. The molecule has 96 valence electrons. The summed E-state index contributed by atoms with van der Waals surface area (Å²) in [5, 5.41) is 4.45. The van der Waals surface area contributed by atoms with Gasteiger partial charge in [0.1, 0.15) is 5.01 Å². The first-order valence-corrected chi connectivity index (χ1v) is 7.50. The van der Waals surface area contributed by atoms with E-state index < -0.39 is 0 Å². The summed E-state index contributed by atoms with van der Waals surface area (Å²) < 4.78 is 0. The Labute approximate surface area is 109 Å². The van der Waals surface area contributed by atoms with Gasteiger partial charge in [-0.1, -0.05) is 27.2 Å². The van der Waals surface area contributed by atoms with Crippen LogP contribution in [-0.2, 0) is 19.4 Å². The van der Waals surface area contributed by atoms with E-state index in [0.717, 1.165) is 12.5 Å². The topological polar surface area (TPSA) is 24.9 Å². The monoisotopic (exact) mass is 252 g/mol. The van der Waals surface area contributed by atoms with Crippen molar-refractivity contribution in [2.24, 2.45) is 11.3 Å². The summed E-state index contributed by atoms with van der Waals surface area (Å²) in [5.74, 6) is 0.836. The molecule has 0 saturated heterocycles. The van der Waals surface area contributed by atoms with Crippen molar-refractivity contribution in [2.45, 2.75) is 53.0 Å². The Morgan fingerprint density at radius 1 is 1.47 bits per heavy atom. The van der Waals surface area contributed by atoms with Crippen LogP contribution >= 0.6 is 11.3 Å². The number of fused-ring (bicyclic) bond motifs is 1. The summed E-state index contributed by atoms with van der Waals surface area (Å²) in [7, 11) is 1.99. The normalized spacial score (nSPS) is 20.4. The average Bonchev–Trinajstić information content (AvgIpc) is 2.70. The van der Waals surface area contributed by atoms with Gasteiger partial charge in [0, 0.05) is 11.4 Å². The largest absolute Gasteiger partial charge is 0.314 e. The van der Waals surface area contributed by atoms with Crippen molar-refractivity contribution in [3.63, 3.8) is 0 Å². The van der Waals surface area contributed by atoms with Gasteiger partial charge in [-0.05, 0) is 37.6 Å². The van der Waals surface area contributed by atoms with Crippen molar-refractivity contribution < 1.29 is 0 Å². The Morgan fingerprint density at radius 3 is 2.88 bits per heavy atom. The fraction of sp³-hybridized carbons (Fsp3) is 0.786. The first-order chi connectivity index (χ1) is 8.06. The number of aromatic nitrogens is 1. The second-order valence-electron chi connectivity index (χ2n) is 5.79. The molecule has 2 rings (SSSR count). The van der Waals surface area contributed by atoms with E-state index in [-0.39, 0.29) is 0 Å². The van der Waals surface area contributed by atoms with Gasteiger partial charge in [-0.3, -0.25) is 0 Å². The van der Waals surface area contributed by atoms with Gasteiger partial charge in [0.05, 0.1) is 5.69 Å². The molecule has 1 aliphatic carbocycles. The van der Waals surface area contributed by atoms with Crippen LogP contribution in [0.5, 0.6) is 0 Å². The van der Waals surface area contributed by atoms with Crippen molar-refractivity contribution in [2.75, 3.05) is 7.05 Å². The summed E-state index contributed by atoms with van der Waals surface area (Å²) >= 11 is 1.92. The van der Waals surface area contributed by atoms with Crippen LogP contribution < -0.4 is 5.32 Å². The molecule has 0 amide bonds. The number of aryl methyl sites for hydroxylation is 1. The number of thiazole rings is 1. The maximum absolute atomic E-state index is 4.74. The molecule has 0 saturated carbocycles. The van der Waals surface area contributed by atoms with Crippen LogP contribution in [0.2, 0.25) is 0 Å². The third kappa shape index (κ3) is 2.71. The highest BCUT2D eigenvalue weighted by molar-refractivity contribution is 7.11. The molecular weight excluding hydrogens is 228 g/mol. The maximum Gasteiger partial charge on any atom is 0.107 e. The molecule has 1 aromatic rings. The van der Waals surface area contributed by atoms with Gasteiger partial charge >= 0.3 is 0 Å². The predicted molar refractivity (Wildman–Crippen MR) is 74.5 cm³/mol. The number of hydrogen-bond donors (Lipinski definition) is 1. The molecule has 1 aliphatic rings. The van der Waals surface area contributed by atoms with Crippen LogP contribution in [0.1, 0.15) is 49.2 Å². The summed E-state index contributed by atoms with van der Waals surface area (Å²) in [5.41, 5.74) is 1.86. The first kappa shape index (κ1) is 13.0. The summed E-state index contributed by atoms with van der Waals surface area (Å²) in [6, 6.07) is 0. The molecular formula is C14H24N2S. The lowest BCUT2D eigenvalue weighted by molar-refractivity contribution is 0.183. The smallest absolute Gasteiger partial charge is 0.107 e. The molecule has 1 unspecified atom stereocenters. The third-order valence-corrected chi connectivity index (χ3v) is 5.45. The molecule has 3 heteroatoms. The van der Waals surface area contributed by atoms with E-state index in [1.165, 1.54) is 36.4 Å². The van der Waals surface area contributed by atoms with Crippen molar-refractivity contribution in [1.82, 2.24) is 10.3 Å². The molecule has 2 nitrogen and oxygen atoms in total. The van der Waals surface area contributed by atoms with Gasteiger partial charge in [-0.2, -0.15) is 0 Å². The van der Waals surface area contributed by atoms with Crippen LogP contribution in [-0.4, -0.2) is 12.0 Å². The van der Waals surface area contributed by atoms with Crippen molar-refractivity contribution >= 4 is 11.3 Å². The molecule has 0 aromatic carbocycles. The zero-order valence-electron chi connectivity index (χ0n) is 11.5. The minimum atomic E-state index is 0.477. The van der Waals surface area contributed by atoms with E-state index >= 15 is 0 Å². The molecule has 17 heavy (non-hydrogen) atoms. The molecule has 0 fully saturated rings. The predicted octanol–water partition coefficient (Wildman–Crippen LogP) is 3.40. The standard InChI is InChI=1S/C14H24N2S/c1-5-14(2,3)10-6-7-11-12(8-10)17-13(16-11)9-15-4/h10,15H,5-9H2,1-4H3. The number of nitrogens with zero attached hydrogens (tertiary/aromatic N) is 1. The Balaban J connectivity index is 2.13. The lowest BCUT2D eigenvalue weighted by atomic mass is 9.70. The number of nitrogens with one attached hydrogen (secondary N) is 1. The van der Waals surface area contributed by atoms with Crippen LogP contribution in [0.25, 0.3) is 0 Å². The van der Waals surface area contributed by atoms with Gasteiger partial charge < -0.3 is 5.32 Å². The van der Waals surface area contributed by atoms with Crippen molar-refractivity contribution in [3.8, 4) is 0 Å². The van der Waals surface area contributed by atoms with E-state index in [2.05, 4.69) is 26.1 Å². The second-order valence-corrected chi connectivity index (χ2v) is 6.96. The maximum atomic E-state index is 4.74. The lowest BCUT2D eigenvalue weighted by Gasteiger charge is -2.35. The fourth-order valence-corrected chi connectivity index (χ4v) is 3.82. The quantitative estimate of drug-likeness (QED) is 0.888. The van der Waals surface area contributed by atoms with Gasteiger partial charge in [0.2, 0.25) is 0 Å². The number of rotatable bonds is 4. The molecule has 0 aliphatic heterocycles. The Hall–Kier alpha value is -0.410. The lowest BCUT2D eigenvalue weighted by Crippen LogP contribution is -2.28. The van der Waals surface area contributed by atoms with Gasteiger partial charge in [0.25, 0.3) is 0 Å². The molecule has 1 aromatic heterocycles. The van der Waals surface area contributed by atoms with E-state index in [4.69, 9.17) is 4.98 Å². The number of hydrogen-bond acceptors (Lipinski definition) is 3. The average molecular weight is 252 g/mol. The van der Waals surface area contributed by atoms with Crippen LogP contribution in [0.15, 0.2) is 0 Å². The minimum absolute atomic E-state index is 0.477. The zero-order chi connectivity index (χ0) is 12.5. The Morgan fingerprint density at radius 2 is 2.24 bits per heavy atom. The van der Waals surface area contributed by atoms with Crippen LogP contribution in [0, 0.1) is 11.3 Å². The summed E-state index contributed by atoms with van der Waals surface area (Å²) in [6.45, 7) is 8.06.